The van der Waals surface area contributed by atoms with Crippen LogP contribution in [-0.2, 0) is 6.42 Å². The Kier molecular flexibility index (Phi) is 4.76. The zero-order valence-corrected chi connectivity index (χ0v) is 13.3. The second-order valence-corrected chi connectivity index (χ2v) is 7.43. The van der Waals surface area contributed by atoms with Crippen LogP contribution in [0.5, 0.6) is 0 Å². The molecule has 2 rings (SSSR count). The molecule has 112 valence electrons. The topological polar surface area (TPSA) is 20.2 Å². The van der Waals surface area contributed by atoms with Gasteiger partial charge in [-0.2, -0.15) is 0 Å². The Bertz CT molecular complexity index is 472. The average Bonchev–Trinajstić information content (AvgIpc) is 2.33. The average molecular weight is 299 g/mol. The molecular weight excluding hydrogens is 275 g/mol. The van der Waals surface area contributed by atoms with E-state index in [1.165, 1.54) is 6.07 Å². The van der Waals surface area contributed by atoms with Crippen LogP contribution < -0.4 is 0 Å². The third-order valence-electron chi connectivity index (χ3n) is 4.74. The van der Waals surface area contributed by atoms with Crippen LogP contribution >= 0.6 is 11.6 Å². The minimum Gasteiger partial charge on any atom is -0.393 e. The zero-order valence-electron chi connectivity index (χ0n) is 12.5. The van der Waals surface area contributed by atoms with Crippen molar-refractivity contribution in [1.82, 2.24) is 0 Å². The van der Waals surface area contributed by atoms with Crippen molar-refractivity contribution < 1.29 is 9.50 Å². The molecule has 1 aliphatic carbocycles. The minimum absolute atomic E-state index is 0.134. The van der Waals surface area contributed by atoms with E-state index >= 15 is 0 Å². The van der Waals surface area contributed by atoms with Crippen molar-refractivity contribution in [2.45, 2.75) is 52.6 Å². The molecular formula is C17H24ClFO. The first kappa shape index (κ1) is 15.8. The van der Waals surface area contributed by atoms with E-state index in [0.29, 0.717) is 22.9 Å². The van der Waals surface area contributed by atoms with E-state index in [4.69, 9.17) is 11.6 Å². The maximum atomic E-state index is 13.9. The SMILES string of the molecule is CC1CCC(C(C)(C)Cc2cc(Cl)ccc2F)C(O)C1. The van der Waals surface area contributed by atoms with Gasteiger partial charge in [-0.1, -0.05) is 38.8 Å². The van der Waals surface area contributed by atoms with Crippen molar-refractivity contribution in [2.24, 2.45) is 17.3 Å². The molecule has 0 spiro atoms. The van der Waals surface area contributed by atoms with Crippen LogP contribution in [0.3, 0.4) is 0 Å². The third-order valence-corrected chi connectivity index (χ3v) is 4.97. The summed E-state index contributed by atoms with van der Waals surface area (Å²) in [6, 6.07) is 4.70. The summed E-state index contributed by atoms with van der Waals surface area (Å²) in [6.45, 7) is 6.43. The van der Waals surface area contributed by atoms with Gasteiger partial charge in [0.2, 0.25) is 0 Å². The van der Waals surface area contributed by atoms with Crippen LogP contribution in [0, 0.1) is 23.1 Å². The highest BCUT2D eigenvalue weighted by molar-refractivity contribution is 6.30. The fourth-order valence-electron chi connectivity index (χ4n) is 3.56. The van der Waals surface area contributed by atoms with Crippen molar-refractivity contribution >= 4 is 11.6 Å². The lowest BCUT2D eigenvalue weighted by atomic mass is 9.65. The van der Waals surface area contributed by atoms with Gasteiger partial charge in [-0.05, 0) is 60.3 Å². The lowest BCUT2D eigenvalue weighted by Crippen LogP contribution is -2.39. The normalized spacial score (nSPS) is 27.6. The van der Waals surface area contributed by atoms with Crippen molar-refractivity contribution in [3.63, 3.8) is 0 Å². The Morgan fingerprint density at radius 3 is 2.70 bits per heavy atom. The molecule has 0 heterocycles. The summed E-state index contributed by atoms with van der Waals surface area (Å²) < 4.78 is 13.9. The number of benzene rings is 1. The zero-order chi connectivity index (χ0) is 14.9. The Morgan fingerprint density at radius 1 is 1.35 bits per heavy atom. The summed E-state index contributed by atoms with van der Waals surface area (Å²) in [5.41, 5.74) is 0.513. The maximum Gasteiger partial charge on any atom is 0.126 e. The van der Waals surface area contributed by atoms with Crippen LogP contribution in [0.4, 0.5) is 4.39 Å². The molecule has 0 aromatic heterocycles. The summed E-state index contributed by atoms with van der Waals surface area (Å²) in [5.74, 6) is 0.596. The van der Waals surface area contributed by atoms with Crippen LogP contribution in [0.1, 0.15) is 45.6 Å². The summed E-state index contributed by atoms with van der Waals surface area (Å²) in [6.07, 6.45) is 3.33. The van der Waals surface area contributed by atoms with Crippen LogP contribution in [-0.4, -0.2) is 11.2 Å². The molecule has 3 atom stereocenters. The molecule has 0 saturated heterocycles. The highest BCUT2D eigenvalue weighted by Gasteiger charge is 2.38. The number of hydrogen-bond acceptors (Lipinski definition) is 1. The fourth-order valence-corrected chi connectivity index (χ4v) is 3.76. The van der Waals surface area contributed by atoms with E-state index < -0.39 is 0 Å². The summed E-state index contributed by atoms with van der Waals surface area (Å²) >= 11 is 5.96. The summed E-state index contributed by atoms with van der Waals surface area (Å²) in [7, 11) is 0. The molecule has 1 aromatic rings. The molecule has 0 aliphatic heterocycles. The molecule has 1 nitrogen and oxygen atoms in total. The van der Waals surface area contributed by atoms with Crippen molar-refractivity contribution in [3.05, 3.63) is 34.6 Å². The van der Waals surface area contributed by atoms with E-state index in [0.717, 1.165) is 19.3 Å². The van der Waals surface area contributed by atoms with E-state index in [9.17, 15) is 9.50 Å². The summed E-state index contributed by atoms with van der Waals surface area (Å²) in [5, 5.41) is 10.9. The second kappa shape index (κ2) is 6.03. The van der Waals surface area contributed by atoms with Gasteiger partial charge in [0.25, 0.3) is 0 Å². The van der Waals surface area contributed by atoms with Gasteiger partial charge in [0.15, 0.2) is 0 Å². The molecule has 3 heteroatoms. The third kappa shape index (κ3) is 3.53. The molecule has 20 heavy (non-hydrogen) atoms. The van der Waals surface area contributed by atoms with Gasteiger partial charge in [0.05, 0.1) is 6.10 Å². The molecule has 1 fully saturated rings. The number of hydrogen-bond donors (Lipinski definition) is 1. The number of rotatable bonds is 3. The second-order valence-electron chi connectivity index (χ2n) is 6.99. The maximum absolute atomic E-state index is 13.9. The predicted molar refractivity (Wildman–Crippen MR) is 81.4 cm³/mol. The Morgan fingerprint density at radius 2 is 2.05 bits per heavy atom. The molecule has 1 aromatic carbocycles. The molecule has 1 aliphatic rings. The van der Waals surface area contributed by atoms with Gasteiger partial charge >= 0.3 is 0 Å². The van der Waals surface area contributed by atoms with Gasteiger partial charge < -0.3 is 5.11 Å². The smallest absolute Gasteiger partial charge is 0.126 e. The molecule has 3 unspecified atom stereocenters. The monoisotopic (exact) mass is 298 g/mol. The van der Waals surface area contributed by atoms with Crippen molar-refractivity contribution in [2.75, 3.05) is 0 Å². The van der Waals surface area contributed by atoms with Gasteiger partial charge in [-0.15, -0.1) is 0 Å². The molecule has 0 radical (unpaired) electrons. The van der Waals surface area contributed by atoms with Crippen LogP contribution in [0.15, 0.2) is 18.2 Å². The molecule has 0 bridgehead atoms. The van der Waals surface area contributed by atoms with Crippen molar-refractivity contribution in [3.8, 4) is 0 Å². The lowest BCUT2D eigenvalue weighted by molar-refractivity contribution is -0.0128. The highest BCUT2D eigenvalue weighted by Crippen LogP contribution is 2.42. The lowest BCUT2D eigenvalue weighted by Gasteiger charge is -2.42. The highest BCUT2D eigenvalue weighted by atomic mass is 35.5. The predicted octanol–water partition coefficient (Wildman–Crippen LogP) is 4.84. The van der Waals surface area contributed by atoms with E-state index in [1.807, 2.05) is 0 Å². The minimum atomic E-state index is -0.281. The van der Waals surface area contributed by atoms with E-state index in [-0.39, 0.29) is 23.3 Å². The van der Waals surface area contributed by atoms with Crippen LogP contribution in [0.25, 0.3) is 0 Å². The number of aliphatic hydroxyl groups is 1. The van der Waals surface area contributed by atoms with E-state index in [1.54, 1.807) is 12.1 Å². The molecule has 1 N–H and O–H groups in total. The Hall–Kier alpha value is -0.600. The molecule has 0 amide bonds. The standard InChI is InChI=1S/C17H24ClFO/c1-11-4-6-14(16(20)8-11)17(2,3)10-12-9-13(18)5-7-15(12)19/h5,7,9,11,14,16,20H,4,6,8,10H2,1-3H3. The first-order valence-electron chi connectivity index (χ1n) is 7.41. The van der Waals surface area contributed by atoms with Gasteiger partial charge in [0.1, 0.15) is 5.82 Å². The first-order chi connectivity index (χ1) is 9.29. The van der Waals surface area contributed by atoms with Crippen LogP contribution in [0.2, 0.25) is 5.02 Å². The van der Waals surface area contributed by atoms with Crippen molar-refractivity contribution in [1.29, 1.82) is 0 Å². The quantitative estimate of drug-likeness (QED) is 0.846. The van der Waals surface area contributed by atoms with E-state index in [2.05, 4.69) is 20.8 Å². The number of halogens is 2. The van der Waals surface area contributed by atoms with Gasteiger partial charge in [-0.25, -0.2) is 4.39 Å². The first-order valence-corrected chi connectivity index (χ1v) is 7.79. The number of aliphatic hydroxyl groups excluding tert-OH is 1. The van der Waals surface area contributed by atoms with Gasteiger partial charge in [0, 0.05) is 5.02 Å². The van der Waals surface area contributed by atoms with Gasteiger partial charge in [-0.3, -0.25) is 0 Å². The molecule has 1 saturated carbocycles. The fraction of sp³-hybridized carbons (Fsp3) is 0.647. The summed E-state index contributed by atoms with van der Waals surface area (Å²) in [4.78, 5) is 0. The largest absolute Gasteiger partial charge is 0.393 e. The Balaban J connectivity index is 2.16. The Labute approximate surface area is 126 Å².